The van der Waals surface area contributed by atoms with Crippen molar-refractivity contribution in [2.24, 2.45) is 0 Å². The van der Waals surface area contributed by atoms with E-state index in [4.69, 9.17) is 0 Å². The maximum Gasteiger partial charge on any atom is 0.261 e. The molecule has 0 aliphatic heterocycles. The van der Waals surface area contributed by atoms with Crippen molar-refractivity contribution in [2.75, 3.05) is 30.3 Å². The van der Waals surface area contributed by atoms with Gasteiger partial charge < -0.3 is 16.0 Å². The molecule has 0 atom stereocenters. The number of amides is 1. The minimum absolute atomic E-state index is 0.0461. The van der Waals surface area contributed by atoms with E-state index >= 15 is 0 Å². The van der Waals surface area contributed by atoms with Crippen LogP contribution in [-0.2, 0) is 0 Å². The fourth-order valence-corrected chi connectivity index (χ4v) is 3.42. The number of nitrogens with one attached hydrogen (secondary N) is 3. The second kappa shape index (κ2) is 7.94. The molecule has 3 rings (SSSR count). The molecule has 25 heavy (non-hydrogen) atoms. The molecular formula is C18H21N5OS. The van der Waals surface area contributed by atoms with E-state index in [1.165, 1.54) is 11.3 Å². The molecule has 3 aromatic rings. The van der Waals surface area contributed by atoms with E-state index < -0.39 is 0 Å². The first kappa shape index (κ1) is 17.2. The van der Waals surface area contributed by atoms with Gasteiger partial charge in [-0.05, 0) is 31.4 Å². The number of hydrogen-bond acceptors (Lipinski definition) is 6. The highest BCUT2D eigenvalue weighted by Crippen LogP contribution is 2.24. The van der Waals surface area contributed by atoms with Crippen molar-refractivity contribution in [1.82, 2.24) is 15.3 Å². The maximum absolute atomic E-state index is 12.3. The van der Waals surface area contributed by atoms with Gasteiger partial charge in [0.15, 0.2) is 0 Å². The monoisotopic (exact) mass is 355 g/mol. The lowest BCUT2D eigenvalue weighted by Gasteiger charge is -2.09. The van der Waals surface area contributed by atoms with Crippen LogP contribution >= 0.6 is 11.3 Å². The Morgan fingerprint density at radius 1 is 1.12 bits per heavy atom. The molecule has 1 aromatic carbocycles. The van der Waals surface area contributed by atoms with Gasteiger partial charge in [0.25, 0.3) is 5.91 Å². The van der Waals surface area contributed by atoms with Crippen molar-refractivity contribution in [3.8, 4) is 0 Å². The van der Waals surface area contributed by atoms with Crippen molar-refractivity contribution < 1.29 is 4.79 Å². The molecule has 130 valence electrons. The topological polar surface area (TPSA) is 78.9 Å². The summed E-state index contributed by atoms with van der Waals surface area (Å²) >= 11 is 1.51. The number of hydrogen-bond donors (Lipinski definition) is 3. The van der Waals surface area contributed by atoms with Crippen LogP contribution in [0.1, 0.15) is 22.3 Å². The minimum atomic E-state index is -0.0461. The minimum Gasteiger partial charge on any atom is -0.368 e. The van der Waals surface area contributed by atoms with Gasteiger partial charge in [0.2, 0.25) is 5.95 Å². The smallest absolute Gasteiger partial charge is 0.261 e. The van der Waals surface area contributed by atoms with Crippen LogP contribution in [0.2, 0.25) is 0 Å². The summed E-state index contributed by atoms with van der Waals surface area (Å²) in [6.45, 7) is 5.82. The second-order valence-electron chi connectivity index (χ2n) is 5.58. The lowest BCUT2D eigenvalue weighted by atomic mass is 10.2. The fraction of sp³-hybridized carbons (Fsp3) is 0.278. The fourth-order valence-electron chi connectivity index (χ4n) is 2.44. The molecule has 7 heteroatoms. The molecule has 2 heterocycles. The van der Waals surface area contributed by atoms with E-state index in [2.05, 4.69) is 25.9 Å². The predicted octanol–water partition coefficient (Wildman–Crippen LogP) is 3.27. The standard InChI is InChI=1S/C18H21N5OS/c1-3-19-18-22-12(2)10-16(23-18)20-8-9-21-17(24)15-11-13-6-4-5-7-14(13)25-15/h4-7,10-11H,3,8-9H2,1-2H3,(H,21,24)(H2,19,20,22,23). The van der Waals surface area contributed by atoms with Crippen molar-refractivity contribution >= 4 is 39.1 Å². The Balaban J connectivity index is 1.52. The van der Waals surface area contributed by atoms with Crippen LogP contribution in [0.25, 0.3) is 10.1 Å². The third-order valence-corrected chi connectivity index (χ3v) is 4.67. The SMILES string of the molecule is CCNc1nc(C)cc(NCCNC(=O)c2cc3ccccc3s2)n1. The van der Waals surface area contributed by atoms with Crippen molar-refractivity contribution in [1.29, 1.82) is 0 Å². The van der Waals surface area contributed by atoms with E-state index in [1.807, 2.05) is 50.2 Å². The van der Waals surface area contributed by atoms with Gasteiger partial charge in [0.05, 0.1) is 4.88 Å². The molecule has 1 amide bonds. The Kier molecular flexibility index (Phi) is 5.45. The molecule has 0 aliphatic rings. The van der Waals surface area contributed by atoms with Crippen LogP contribution in [0.4, 0.5) is 11.8 Å². The van der Waals surface area contributed by atoms with Gasteiger partial charge in [0.1, 0.15) is 5.82 Å². The van der Waals surface area contributed by atoms with E-state index in [9.17, 15) is 4.79 Å². The molecule has 0 spiro atoms. The van der Waals surface area contributed by atoms with Crippen LogP contribution in [0.15, 0.2) is 36.4 Å². The summed E-state index contributed by atoms with van der Waals surface area (Å²) in [7, 11) is 0. The number of carbonyl (C=O) groups is 1. The highest BCUT2D eigenvalue weighted by Gasteiger charge is 2.09. The van der Waals surface area contributed by atoms with E-state index in [1.54, 1.807) is 0 Å². The summed E-state index contributed by atoms with van der Waals surface area (Å²) in [5.74, 6) is 1.31. The van der Waals surface area contributed by atoms with Gasteiger partial charge in [0, 0.05) is 36.1 Å². The Morgan fingerprint density at radius 2 is 1.96 bits per heavy atom. The number of aryl methyl sites for hydroxylation is 1. The molecule has 0 aliphatic carbocycles. The second-order valence-corrected chi connectivity index (χ2v) is 6.66. The lowest BCUT2D eigenvalue weighted by molar-refractivity contribution is 0.0959. The summed E-state index contributed by atoms with van der Waals surface area (Å²) in [6, 6.07) is 11.8. The Morgan fingerprint density at radius 3 is 2.76 bits per heavy atom. The van der Waals surface area contributed by atoms with Gasteiger partial charge in [-0.15, -0.1) is 11.3 Å². The third-order valence-electron chi connectivity index (χ3n) is 3.56. The zero-order chi connectivity index (χ0) is 17.6. The van der Waals surface area contributed by atoms with Crippen LogP contribution < -0.4 is 16.0 Å². The first-order valence-electron chi connectivity index (χ1n) is 8.26. The molecule has 0 saturated carbocycles. The Hall–Kier alpha value is -2.67. The van der Waals surface area contributed by atoms with Crippen LogP contribution in [-0.4, -0.2) is 35.5 Å². The summed E-state index contributed by atoms with van der Waals surface area (Å²) < 4.78 is 1.12. The van der Waals surface area contributed by atoms with E-state index in [0.29, 0.717) is 19.0 Å². The van der Waals surface area contributed by atoms with Crippen LogP contribution in [0.3, 0.4) is 0 Å². The molecular weight excluding hydrogens is 334 g/mol. The molecule has 6 nitrogen and oxygen atoms in total. The number of benzene rings is 1. The molecule has 3 N–H and O–H groups in total. The zero-order valence-corrected chi connectivity index (χ0v) is 15.1. The Bertz CT molecular complexity index is 844. The summed E-state index contributed by atoms with van der Waals surface area (Å²) in [5, 5.41) is 10.4. The number of aromatic nitrogens is 2. The highest BCUT2D eigenvalue weighted by atomic mass is 32.1. The first-order chi connectivity index (χ1) is 12.2. The highest BCUT2D eigenvalue weighted by molar-refractivity contribution is 7.20. The average Bonchev–Trinajstić information content (AvgIpc) is 3.02. The number of nitrogens with zero attached hydrogens (tertiary/aromatic N) is 2. The summed E-state index contributed by atoms with van der Waals surface area (Å²) in [6.07, 6.45) is 0. The van der Waals surface area contributed by atoms with Crippen LogP contribution in [0, 0.1) is 6.92 Å². The van der Waals surface area contributed by atoms with E-state index in [-0.39, 0.29) is 5.91 Å². The van der Waals surface area contributed by atoms with Gasteiger partial charge in [-0.25, -0.2) is 4.98 Å². The van der Waals surface area contributed by atoms with Gasteiger partial charge in [-0.3, -0.25) is 4.79 Å². The molecule has 0 fully saturated rings. The first-order valence-corrected chi connectivity index (χ1v) is 9.07. The predicted molar refractivity (Wildman–Crippen MR) is 104 cm³/mol. The van der Waals surface area contributed by atoms with Crippen LogP contribution in [0.5, 0.6) is 0 Å². The quantitative estimate of drug-likeness (QED) is 0.567. The molecule has 2 aromatic heterocycles. The Labute approximate surface area is 150 Å². The zero-order valence-electron chi connectivity index (χ0n) is 14.3. The average molecular weight is 355 g/mol. The largest absolute Gasteiger partial charge is 0.368 e. The maximum atomic E-state index is 12.3. The van der Waals surface area contributed by atoms with Crippen molar-refractivity contribution in [3.63, 3.8) is 0 Å². The van der Waals surface area contributed by atoms with E-state index in [0.717, 1.165) is 33.0 Å². The number of carbonyl (C=O) groups excluding carboxylic acids is 1. The van der Waals surface area contributed by atoms with Gasteiger partial charge >= 0.3 is 0 Å². The lowest BCUT2D eigenvalue weighted by Crippen LogP contribution is -2.28. The normalized spacial score (nSPS) is 10.6. The van der Waals surface area contributed by atoms with Gasteiger partial charge in [-0.2, -0.15) is 4.98 Å². The number of anilines is 2. The number of fused-ring (bicyclic) bond motifs is 1. The molecule has 0 bridgehead atoms. The number of thiophene rings is 1. The van der Waals surface area contributed by atoms with Gasteiger partial charge in [-0.1, -0.05) is 18.2 Å². The third kappa shape index (κ3) is 4.45. The summed E-state index contributed by atoms with van der Waals surface area (Å²) in [4.78, 5) is 21.7. The summed E-state index contributed by atoms with van der Waals surface area (Å²) in [5.41, 5.74) is 0.891. The van der Waals surface area contributed by atoms with Crippen molar-refractivity contribution in [2.45, 2.75) is 13.8 Å². The van der Waals surface area contributed by atoms with Crippen molar-refractivity contribution in [3.05, 3.63) is 47.0 Å². The number of rotatable bonds is 7. The molecule has 0 saturated heterocycles. The molecule has 0 radical (unpaired) electrons. The molecule has 0 unspecified atom stereocenters.